The van der Waals surface area contributed by atoms with Gasteiger partial charge in [-0.05, 0) is 38.8 Å². The molecule has 0 aliphatic rings. The first-order valence-electron chi connectivity index (χ1n) is 5.54. The molecule has 0 radical (unpaired) electrons. The Hall–Kier alpha value is -1.48. The zero-order valence-corrected chi connectivity index (χ0v) is 9.77. The first-order valence-corrected chi connectivity index (χ1v) is 5.54. The van der Waals surface area contributed by atoms with Gasteiger partial charge in [-0.3, -0.25) is 4.98 Å². The molecule has 0 bridgehead atoms. The van der Waals surface area contributed by atoms with E-state index in [2.05, 4.69) is 9.97 Å². The molecule has 2 N–H and O–H groups in total. The molecule has 0 fully saturated rings. The fourth-order valence-corrected chi connectivity index (χ4v) is 1.57. The summed E-state index contributed by atoms with van der Waals surface area (Å²) in [7, 11) is 0. The van der Waals surface area contributed by atoms with Gasteiger partial charge in [-0.25, -0.2) is 4.98 Å². The molecular weight excluding hydrogens is 198 g/mol. The second-order valence-corrected chi connectivity index (χ2v) is 4.84. The van der Waals surface area contributed by atoms with Gasteiger partial charge in [-0.15, -0.1) is 0 Å². The smallest absolute Gasteiger partial charge is 0.0890 e. The Bertz CT molecular complexity index is 486. The molecule has 16 heavy (non-hydrogen) atoms. The van der Waals surface area contributed by atoms with Gasteiger partial charge in [0.2, 0.25) is 0 Å². The summed E-state index contributed by atoms with van der Waals surface area (Å²) in [6, 6.07) is 7.91. The molecule has 0 aliphatic heterocycles. The van der Waals surface area contributed by atoms with Gasteiger partial charge in [0.05, 0.1) is 16.7 Å². The zero-order valence-electron chi connectivity index (χ0n) is 9.77. The Kier molecular flexibility index (Phi) is 2.88. The molecule has 0 saturated carbocycles. The summed E-state index contributed by atoms with van der Waals surface area (Å²) < 4.78 is 0. The van der Waals surface area contributed by atoms with Crippen molar-refractivity contribution in [1.82, 2.24) is 9.97 Å². The summed E-state index contributed by atoms with van der Waals surface area (Å²) in [5.74, 6) is 0. The van der Waals surface area contributed by atoms with E-state index >= 15 is 0 Å². The molecule has 0 saturated heterocycles. The monoisotopic (exact) mass is 215 g/mol. The minimum atomic E-state index is -0.146. The van der Waals surface area contributed by atoms with Crippen LogP contribution in [0.4, 0.5) is 0 Å². The van der Waals surface area contributed by atoms with Crippen molar-refractivity contribution < 1.29 is 0 Å². The zero-order chi connectivity index (χ0) is 11.6. The first-order chi connectivity index (χ1) is 7.54. The largest absolute Gasteiger partial charge is 0.326 e. The highest BCUT2D eigenvalue weighted by atomic mass is 14.8. The Morgan fingerprint density at radius 2 is 1.88 bits per heavy atom. The Morgan fingerprint density at radius 1 is 1.19 bits per heavy atom. The van der Waals surface area contributed by atoms with Crippen molar-refractivity contribution in [1.29, 1.82) is 0 Å². The van der Waals surface area contributed by atoms with E-state index in [0.29, 0.717) is 0 Å². The van der Waals surface area contributed by atoms with E-state index in [1.165, 1.54) is 0 Å². The molecular formula is C13H17N3. The molecule has 0 unspecified atom stereocenters. The van der Waals surface area contributed by atoms with E-state index in [1.54, 1.807) is 0 Å². The Morgan fingerprint density at radius 3 is 2.56 bits per heavy atom. The third-order valence-corrected chi connectivity index (χ3v) is 2.52. The van der Waals surface area contributed by atoms with E-state index < -0.39 is 0 Å². The molecule has 0 spiro atoms. The lowest BCUT2D eigenvalue weighted by Gasteiger charge is -2.17. The lowest BCUT2D eigenvalue weighted by molar-refractivity contribution is 0.474. The number of hydrogen-bond donors (Lipinski definition) is 1. The van der Waals surface area contributed by atoms with Crippen LogP contribution >= 0.6 is 0 Å². The summed E-state index contributed by atoms with van der Waals surface area (Å²) in [5.41, 5.74) is 8.71. The number of hydrogen-bond acceptors (Lipinski definition) is 3. The number of aryl methyl sites for hydroxylation is 1. The molecule has 2 aromatic rings. The van der Waals surface area contributed by atoms with E-state index in [-0.39, 0.29) is 5.54 Å². The topological polar surface area (TPSA) is 51.8 Å². The van der Waals surface area contributed by atoms with Crippen molar-refractivity contribution in [2.45, 2.75) is 32.2 Å². The number of fused-ring (bicyclic) bond motifs is 1. The van der Waals surface area contributed by atoms with Gasteiger partial charge >= 0.3 is 0 Å². The standard InChI is InChI=1S/C13H17N3/c1-13(2,14)8-7-10-9-15-11-5-3-4-6-12(11)16-10/h3-6,9H,7-8,14H2,1-2H3. The predicted octanol–water partition coefficient (Wildman–Crippen LogP) is 2.30. The molecule has 3 heteroatoms. The average Bonchev–Trinajstić information content (AvgIpc) is 2.25. The van der Waals surface area contributed by atoms with Crippen molar-refractivity contribution in [2.24, 2.45) is 5.73 Å². The van der Waals surface area contributed by atoms with Crippen molar-refractivity contribution >= 4 is 11.0 Å². The number of nitrogens with zero attached hydrogens (tertiary/aromatic N) is 2. The van der Waals surface area contributed by atoms with Crippen molar-refractivity contribution in [3.8, 4) is 0 Å². The van der Waals surface area contributed by atoms with Crippen LogP contribution in [0, 0.1) is 0 Å². The van der Waals surface area contributed by atoms with Crippen LogP contribution in [0.1, 0.15) is 26.0 Å². The summed E-state index contributed by atoms with van der Waals surface area (Å²) in [4.78, 5) is 8.94. The molecule has 3 nitrogen and oxygen atoms in total. The fourth-order valence-electron chi connectivity index (χ4n) is 1.57. The molecule has 1 aromatic heterocycles. The van der Waals surface area contributed by atoms with E-state index in [4.69, 9.17) is 5.73 Å². The quantitative estimate of drug-likeness (QED) is 0.854. The Labute approximate surface area is 95.7 Å². The maximum Gasteiger partial charge on any atom is 0.0890 e. The number of para-hydroxylation sites is 2. The fraction of sp³-hybridized carbons (Fsp3) is 0.385. The first kappa shape index (κ1) is 11.0. The highest BCUT2D eigenvalue weighted by molar-refractivity contribution is 5.73. The van der Waals surface area contributed by atoms with Gasteiger partial charge < -0.3 is 5.73 Å². The van der Waals surface area contributed by atoms with Crippen LogP contribution < -0.4 is 5.73 Å². The van der Waals surface area contributed by atoms with Crippen LogP contribution in [0.5, 0.6) is 0 Å². The third-order valence-electron chi connectivity index (χ3n) is 2.52. The summed E-state index contributed by atoms with van der Waals surface area (Å²) >= 11 is 0. The Balaban J connectivity index is 2.20. The van der Waals surface area contributed by atoms with E-state index in [9.17, 15) is 0 Å². The molecule has 1 aromatic carbocycles. The maximum atomic E-state index is 5.95. The highest BCUT2D eigenvalue weighted by Crippen LogP contribution is 2.12. The van der Waals surface area contributed by atoms with Crippen LogP contribution in [0.3, 0.4) is 0 Å². The van der Waals surface area contributed by atoms with Gasteiger partial charge in [-0.2, -0.15) is 0 Å². The second kappa shape index (κ2) is 4.18. The van der Waals surface area contributed by atoms with Crippen LogP contribution in [0.15, 0.2) is 30.5 Å². The molecule has 1 heterocycles. The lowest BCUT2D eigenvalue weighted by atomic mass is 9.99. The number of rotatable bonds is 3. The number of aromatic nitrogens is 2. The molecule has 0 atom stereocenters. The third kappa shape index (κ3) is 2.76. The van der Waals surface area contributed by atoms with E-state index in [1.807, 2.05) is 44.3 Å². The normalized spacial score (nSPS) is 11.9. The second-order valence-electron chi connectivity index (χ2n) is 4.84. The van der Waals surface area contributed by atoms with Crippen molar-refractivity contribution in [2.75, 3.05) is 0 Å². The van der Waals surface area contributed by atoms with E-state index in [0.717, 1.165) is 29.6 Å². The highest BCUT2D eigenvalue weighted by Gasteiger charge is 2.11. The average molecular weight is 215 g/mol. The van der Waals surface area contributed by atoms with Crippen molar-refractivity contribution in [3.63, 3.8) is 0 Å². The number of nitrogens with two attached hydrogens (primary N) is 1. The van der Waals surface area contributed by atoms with Crippen LogP contribution in [-0.4, -0.2) is 15.5 Å². The van der Waals surface area contributed by atoms with Crippen molar-refractivity contribution in [3.05, 3.63) is 36.2 Å². The van der Waals surface area contributed by atoms with Crippen LogP contribution in [-0.2, 0) is 6.42 Å². The summed E-state index contributed by atoms with van der Waals surface area (Å²) in [5, 5.41) is 0. The summed E-state index contributed by atoms with van der Waals surface area (Å²) in [6.07, 6.45) is 3.63. The summed E-state index contributed by atoms with van der Waals surface area (Å²) in [6.45, 7) is 4.06. The van der Waals surface area contributed by atoms with Crippen LogP contribution in [0.25, 0.3) is 11.0 Å². The SMILES string of the molecule is CC(C)(N)CCc1cnc2ccccc2n1. The predicted molar refractivity (Wildman–Crippen MR) is 66.1 cm³/mol. The molecule has 84 valence electrons. The van der Waals surface area contributed by atoms with Gasteiger partial charge in [0.15, 0.2) is 0 Å². The molecule has 2 rings (SSSR count). The molecule has 0 amide bonds. The maximum absolute atomic E-state index is 5.95. The number of benzene rings is 1. The van der Waals surface area contributed by atoms with Gasteiger partial charge in [-0.1, -0.05) is 12.1 Å². The van der Waals surface area contributed by atoms with Gasteiger partial charge in [0, 0.05) is 11.7 Å². The van der Waals surface area contributed by atoms with Gasteiger partial charge in [0.25, 0.3) is 0 Å². The lowest BCUT2D eigenvalue weighted by Crippen LogP contribution is -2.32. The minimum absolute atomic E-state index is 0.146. The minimum Gasteiger partial charge on any atom is -0.326 e. The molecule has 0 aliphatic carbocycles. The van der Waals surface area contributed by atoms with Gasteiger partial charge in [0.1, 0.15) is 0 Å². The van der Waals surface area contributed by atoms with Crippen LogP contribution in [0.2, 0.25) is 0 Å².